The molecule has 6 heteroatoms. The third-order valence-corrected chi connectivity index (χ3v) is 4.74. The number of aromatic amines is 1. The largest absolute Gasteiger partial charge is 0.374 e. The molecule has 0 bridgehead atoms. The van der Waals surface area contributed by atoms with Crippen LogP contribution in [0.5, 0.6) is 0 Å². The average Bonchev–Trinajstić information content (AvgIpc) is 3.06. The van der Waals surface area contributed by atoms with Gasteiger partial charge in [0.1, 0.15) is 0 Å². The molecule has 2 N–H and O–H groups in total. The average molecular weight is 326 g/mol. The number of ether oxygens (including phenoxy) is 1. The molecule has 1 aromatic carbocycles. The van der Waals surface area contributed by atoms with E-state index in [4.69, 9.17) is 4.74 Å². The smallest absolute Gasteiger partial charge is 0.274 e. The van der Waals surface area contributed by atoms with Gasteiger partial charge in [-0.25, -0.2) is 0 Å². The van der Waals surface area contributed by atoms with Crippen molar-refractivity contribution in [2.24, 2.45) is 0 Å². The fraction of sp³-hybridized carbons (Fsp3) is 0.444. The van der Waals surface area contributed by atoms with Gasteiger partial charge in [0.2, 0.25) is 0 Å². The summed E-state index contributed by atoms with van der Waals surface area (Å²) in [6.07, 6.45) is 1.76. The second-order valence-corrected chi connectivity index (χ2v) is 6.39. The molecule has 1 unspecified atom stereocenters. The van der Waals surface area contributed by atoms with Crippen LogP contribution in [0.2, 0.25) is 0 Å². The van der Waals surface area contributed by atoms with Crippen molar-refractivity contribution >= 4 is 5.91 Å². The number of amides is 1. The Morgan fingerprint density at radius 3 is 3.08 bits per heavy atom. The highest BCUT2D eigenvalue weighted by Crippen LogP contribution is 2.19. The highest BCUT2D eigenvalue weighted by molar-refractivity contribution is 5.94. The fourth-order valence-electron chi connectivity index (χ4n) is 3.46. The summed E-state index contributed by atoms with van der Waals surface area (Å²) in [5.74, 6) is 0.0116. The molecular formula is C18H22N4O2. The highest BCUT2D eigenvalue weighted by Gasteiger charge is 2.29. The molecule has 2 aromatic rings. The molecule has 0 saturated carbocycles. The quantitative estimate of drug-likeness (QED) is 0.887. The lowest BCUT2D eigenvalue weighted by Gasteiger charge is -2.33. The lowest BCUT2D eigenvalue weighted by Crippen LogP contribution is -2.46. The minimum Gasteiger partial charge on any atom is -0.374 e. The van der Waals surface area contributed by atoms with Crippen LogP contribution in [0.3, 0.4) is 0 Å². The van der Waals surface area contributed by atoms with Crippen molar-refractivity contribution in [1.29, 1.82) is 0 Å². The van der Waals surface area contributed by atoms with E-state index in [0.29, 0.717) is 31.9 Å². The molecule has 2 aliphatic rings. The molecule has 1 aromatic heterocycles. The first kappa shape index (κ1) is 15.4. The maximum atomic E-state index is 12.9. The number of morpholine rings is 1. The molecule has 1 fully saturated rings. The van der Waals surface area contributed by atoms with Crippen LogP contribution in [0.15, 0.2) is 30.3 Å². The van der Waals surface area contributed by atoms with Gasteiger partial charge in [0.05, 0.1) is 12.7 Å². The van der Waals surface area contributed by atoms with Gasteiger partial charge in [0.25, 0.3) is 5.91 Å². The molecule has 126 valence electrons. The van der Waals surface area contributed by atoms with Gasteiger partial charge in [-0.3, -0.25) is 9.89 Å². The lowest BCUT2D eigenvalue weighted by molar-refractivity contribution is -0.0210. The van der Waals surface area contributed by atoms with E-state index in [0.717, 1.165) is 30.6 Å². The van der Waals surface area contributed by atoms with Crippen molar-refractivity contribution < 1.29 is 9.53 Å². The summed E-state index contributed by atoms with van der Waals surface area (Å²) in [5, 5.41) is 10.6. The number of hydrogen-bond donors (Lipinski definition) is 2. The molecule has 4 rings (SSSR count). The summed E-state index contributed by atoms with van der Waals surface area (Å²) in [5.41, 5.74) is 3.92. The number of benzene rings is 1. The van der Waals surface area contributed by atoms with Gasteiger partial charge in [0, 0.05) is 50.3 Å². The Balaban J connectivity index is 1.46. The van der Waals surface area contributed by atoms with E-state index in [1.165, 1.54) is 5.56 Å². The van der Waals surface area contributed by atoms with E-state index in [9.17, 15) is 4.79 Å². The third kappa shape index (κ3) is 3.07. The minimum absolute atomic E-state index is 0.0116. The normalized spacial score (nSPS) is 20.7. The van der Waals surface area contributed by atoms with Gasteiger partial charge in [-0.2, -0.15) is 5.10 Å². The van der Waals surface area contributed by atoms with Crippen molar-refractivity contribution in [2.75, 3.05) is 26.2 Å². The van der Waals surface area contributed by atoms with E-state index >= 15 is 0 Å². The number of carbonyl (C=O) groups excluding carboxylic acids is 1. The number of rotatable bonds is 3. The van der Waals surface area contributed by atoms with Crippen LogP contribution in [0.1, 0.15) is 27.3 Å². The Morgan fingerprint density at radius 1 is 1.33 bits per heavy atom. The number of H-pyrrole nitrogens is 1. The monoisotopic (exact) mass is 326 g/mol. The number of hydrogen-bond acceptors (Lipinski definition) is 4. The Kier molecular flexibility index (Phi) is 4.32. The van der Waals surface area contributed by atoms with Crippen molar-refractivity contribution in [3.8, 4) is 0 Å². The molecule has 0 radical (unpaired) electrons. The van der Waals surface area contributed by atoms with Gasteiger partial charge < -0.3 is 15.0 Å². The summed E-state index contributed by atoms with van der Waals surface area (Å²) in [6, 6.07) is 10.3. The van der Waals surface area contributed by atoms with Crippen LogP contribution in [0, 0.1) is 0 Å². The molecule has 24 heavy (non-hydrogen) atoms. The van der Waals surface area contributed by atoms with E-state index in [2.05, 4.69) is 27.6 Å². The van der Waals surface area contributed by atoms with Crippen LogP contribution in [-0.2, 0) is 24.1 Å². The standard InChI is InChI=1S/C18H22N4O2/c23-18(17-15-11-19-7-6-16(15)20-21-17)22-8-9-24-14(12-22)10-13-4-2-1-3-5-13/h1-5,14,19H,6-12H2,(H,20,21). The molecule has 1 atom stereocenters. The van der Waals surface area contributed by atoms with Crippen LogP contribution in [0.4, 0.5) is 0 Å². The summed E-state index contributed by atoms with van der Waals surface area (Å²) >= 11 is 0. The molecule has 1 amide bonds. The van der Waals surface area contributed by atoms with Crippen molar-refractivity contribution in [3.05, 3.63) is 52.8 Å². The van der Waals surface area contributed by atoms with E-state index < -0.39 is 0 Å². The van der Waals surface area contributed by atoms with Gasteiger partial charge >= 0.3 is 0 Å². The zero-order chi connectivity index (χ0) is 16.4. The molecule has 2 aliphatic heterocycles. The van der Waals surface area contributed by atoms with Crippen LogP contribution in [-0.4, -0.2) is 53.3 Å². The molecule has 6 nitrogen and oxygen atoms in total. The number of nitrogens with one attached hydrogen (secondary N) is 2. The molecular weight excluding hydrogens is 304 g/mol. The molecule has 3 heterocycles. The second-order valence-electron chi connectivity index (χ2n) is 6.39. The van der Waals surface area contributed by atoms with Gasteiger partial charge in [-0.1, -0.05) is 30.3 Å². The number of nitrogens with zero attached hydrogens (tertiary/aromatic N) is 2. The fourth-order valence-corrected chi connectivity index (χ4v) is 3.46. The summed E-state index contributed by atoms with van der Waals surface area (Å²) in [7, 11) is 0. The Morgan fingerprint density at radius 2 is 2.21 bits per heavy atom. The van der Waals surface area contributed by atoms with Crippen molar-refractivity contribution in [3.63, 3.8) is 0 Å². The Bertz CT molecular complexity index is 713. The predicted octanol–water partition coefficient (Wildman–Crippen LogP) is 1.14. The van der Waals surface area contributed by atoms with Crippen LogP contribution >= 0.6 is 0 Å². The minimum atomic E-state index is 0.0116. The second kappa shape index (κ2) is 6.75. The maximum Gasteiger partial charge on any atom is 0.274 e. The first-order valence-corrected chi connectivity index (χ1v) is 8.53. The lowest BCUT2D eigenvalue weighted by atomic mass is 10.0. The first-order chi connectivity index (χ1) is 11.8. The van der Waals surface area contributed by atoms with Gasteiger partial charge in [-0.15, -0.1) is 0 Å². The highest BCUT2D eigenvalue weighted by atomic mass is 16.5. The number of carbonyl (C=O) groups is 1. The third-order valence-electron chi connectivity index (χ3n) is 4.74. The van der Waals surface area contributed by atoms with E-state index in [1.807, 2.05) is 23.1 Å². The zero-order valence-corrected chi connectivity index (χ0v) is 13.6. The summed E-state index contributed by atoms with van der Waals surface area (Å²) < 4.78 is 5.86. The van der Waals surface area contributed by atoms with Crippen molar-refractivity contribution in [1.82, 2.24) is 20.4 Å². The van der Waals surface area contributed by atoms with E-state index in [-0.39, 0.29) is 12.0 Å². The zero-order valence-electron chi connectivity index (χ0n) is 13.6. The topological polar surface area (TPSA) is 70.2 Å². The number of fused-ring (bicyclic) bond motifs is 1. The summed E-state index contributed by atoms with van der Waals surface area (Å²) in [6.45, 7) is 3.46. The SMILES string of the molecule is O=C(c1n[nH]c2c1CNCC2)N1CCOC(Cc2ccccc2)C1. The predicted molar refractivity (Wildman–Crippen MR) is 89.8 cm³/mol. The Hall–Kier alpha value is -2.18. The Labute approximate surface area is 141 Å². The van der Waals surface area contributed by atoms with Gasteiger partial charge in [0.15, 0.2) is 5.69 Å². The molecule has 0 spiro atoms. The molecule has 0 aliphatic carbocycles. The number of aromatic nitrogens is 2. The van der Waals surface area contributed by atoms with Gasteiger partial charge in [-0.05, 0) is 5.56 Å². The molecule has 1 saturated heterocycles. The van der Waals surface area contributed by atoms with Crippen LogP contribution < -0.4 is 5.32 Å². The first-order valence-electron chi connectivity index (χ1n) is 8.53. The van der Waals surface area contributed by atoms with Crippen molar-refractivity contribution in [2.45, 2.75) is 25.5 Å². The van der Waals surface area contributed by atoms with Crippen LogP contribution in [0.25, 0.3) is 0 Å². The summed E-state index contributed by atoms with van der Waals surface area (Å²) in [4.78, 5) is 14.8. The maximum absolute atomic E-state index is 12.9. The van der Waals surface area contributed by atoms with E-state index in [1.54, 1.807) is 0 Å².